The van der Waals surface area contributed by atoms with Gasteiger partial charge in [-0.25, -0.2) is 0 Å². The Bertz CT molecular complexity index is 322. The molecule has 0 heterocycles. The fourth-order valence-electron chi connectivity index (χ4n) is 1.24. The zero-order valence-electron chi connectivity index (χ0n) is 9.06. The SMILES string of the molecule is CSCCN(C)c1ccc(C(N)=S)cc1. The van der Waals surface area contributed by atoms with Gasteiger partial charge in [0.2, 0.25) is 0 Å². The zero-order chi connectivity index (χ0) is 11.3. The highest BCUT2D eigenvalue weighted by Gasteiger charge is 2.01. The lowest BCUT2D eigenvalue weighted by Gasteiger charge is -2.18. The van der Waals surface area contributed by atoms with Crippen molar-refractivity contribution in [2.75, 3.05) is 30.5 Å². The number of nitrogens with two attached hydrogens (primary N) is 1. The second kappa shape index (κ2) is 5.98. The van der Waals surface area contributed by atoms with Crippen LogP contribution in [0.25, 0.3) is 0 Å². The summed E-state index contributed by atoms with van der Waals surface area (Å²) in [4.78, 5) is 2.67. The van der Waals surface area contributed by atoms with Gasteiger partial charge in [-0.1, -0.05) is 12.2 Å². The van der Waals surface area contributed by atoms with Crippen LogP contribution in [0.5, 0.6) is 0 Å². The molecule has 0 aliphatic carbocycles. The topological polar surface area (TPSA) is 29.3 Å². The molecule has 2 N–H and O–H groups in total. The van der Waals surface area contributed by atoms with E-state index in [1.54, 1.807) is 0 Å². The normalized spacial score (nSPS) is 10.0. The number of nitrogens with zero attached hydrogens (tertiary/aromatic N) is 1. The Labute approximate surface area is 101 Å². The van der Waals surface area contributed by atoms with E-state index in [0.29, 0.717) is 4.99 Å². The van der Waals surface area contributed by atoms with Gasteiger partial charge in [-0.2, -0.15) is 11.8 Å². The van der Waals surface area contributed by atoms with Crippen molar-refractivity contribution in [1.82, 2.24) is 0 Å². The van der Waals surface area contributed by atoms with Crippen molar-refractivity contribution >= 4 is 34.7 Å². The smallest absolute Gasteiger partial charge is 0.103 e. The van der Waals surface area contributed by atoms with E-state index < -0.39 is 0 Å². The molecule has 2 nitrogen and oxygen atoms in total. The number of thioether (sulfide) groups is 1. The molecule has 4 heteroatoms. The molecule has 0 fully saturated rings. The molecule has 15 heavy (non-hydrogen) atoms. The minimum Gasteiger partial charge on any atom is -0.389 e. The summed E-state index contributed by atoms with van der Waals surface area (Å²) in [6.45, 7) is 1.05. The summed E-state index contributed by atoms with van der Waals surface area (Å²) in [5.74, 6) is 1.13. The van der Waals surface area contributed by atoms with Gasteiger partial charge in [-0.15, -0.1) is 0 Å². The Balaban J connectivity index is 2.66. The minimum atomic E-state index is 0.452. The Morgan fingerprint density at radius 3 is 2.47 bits per heavy atom. The van der Waals surface area contributed by atoms with Crippen LogP contribution in [-0.2, 0) is 0 Å². The van der Waals surface area contributed by atoms with Crippen molar-refractivity contribution in [3.63, 3.8) is 0 Å². The van der Waals surface area contributed by atoms with Gasteiger partial charge in [0, 0.05) is 30.6 Å². The summed E-state index contributed by atoms with van der Waals surface area (Å²) < 4.78 is 0. The average Bonchev–Trinajstić information content (AvgIpc) is 2.26. The largest absolute Gasteiger partial charge is 0.389 e. The lowest BCUT2D eigenvalue weighted by molar-refractivity contribution is 0.978. The molecule has 0 bridgehead atoms. The molecule has 82 valence electrons. The Hall–Kier alpha value is -0.740. The van der Waals surface area contributed by atoms with Crippen molar-refractivity contribution in [2.45, 2.75) is 0 Å². The summed E-state index contributed by atoms with van der Waals surface area (Å²) >= 11 is 6.75. The van der Waals surface area contributed by atoms with Crippen molar-refractivity contribution in [3.05, 3.63) is 29.8 Å². The molecule has 0 radical (unpaired) electrons. The van der Waals surface area contributed by atoms with Crippen LogP contribution in [0.2, 0.25) is 0 Å². The quantitative estimate of drug-likeness (QED) is 0.798. The predicted octanol–water partition coefficient (Wildman–Crippen LogP) is 2.12. The maximum atomic E-state index is 5.53. The van der Waals surface area contributed by atoms with Crippen LogP contribution in [-0.4, -0.2) is 30.6 Å². The van der Waals surface area contributed by atoms with Crippen LogP contribution < -0.4 is 10.6 Å². The van der Waals surface area contributed by atoms with Crippen molar-refractivity contribution in [1.29, 1.82) is 0 Å². The molecule has 0 atom stereocenters. The van der Waals surface area contributed by atoms with Gasteiger partial charge >= 0.3 is 0 Å². The summed E-state index contributed by atoms with van der Waals surface area (Å²) in [7, 11) is 2.09. The third-order valence-corrected chi connectivity index (χ3v) is 3.05. The second-order valence-corrected chi connectivity index (χ2v) is 4.75. The highest BCUT2D eigenvalue weighted by atomic mass is 32.2. The van der Waals surface area contributed by atoms with Gasteiger partial charge in [0.1, 0.15) is 4.99 Å². The van der Waals surface area contributed by atoms with Gasteiger partial charge in [-0.3, -0.25) is 0 Å². The number of rotatable bonds is 5. The van der Waals surface area contributed by atoms with E-state index >= 15 is 0 Å². The lowest BCUT2D eigenvalue weighted by Crippen LogP contribution is -2.20. The van der Waals surface area contributed by atoms with E-state index in [1.807, 2.05) is 23.9 Å². The fourth-order valence-corrected chi connectivity index (χ4v) is 1.83. The maximum absolute atomic E-state index is 5.53. The van der Waals surface area contributed by atoms with Crippen LogP contribution >= 0.6 is 24.0 Å². The van der Waals surface area contributed by atoms with Crippen molar-refractivity contribution in [3.8, 4) is 0 Å². The first kappa shape index (κ1) is 12.3. The molecule has 0 aliphatic heterocycles. The minimum absolute atomic E-state index is 0.452. The van der Waals surface area contributed by atoms with Crippen molar-refractivity contribution in [2.24, 2.45) is 5.73 Å². The van der Waals surface area contributed by atoms with Crippen molar-refractivity contribution < 1.29 is 0 Å². The highest BCUT2D eigenvalue weighted by Crippen LogP contribution is 2.14. The predicted molar refractivity (Wildman–Crippen MR) is 74.0 cm³/mol. The zero-order valence-corrected chi connectivity index (χ0v) is 10.7. The summed E-state index contributed by atoms with van der Waals surface area (Å²) in [6, 6.07) is 8.03. The molecule has 0 spiro atoms. The third-order valence-electron chi connectivity index (χ3n) is 2.22. The molecule has 1 aromatic rings. The molecule has 0 saturated heterocycles. The molecule has 1 rings (SSSR count). The van der Waals surface area contributed by atoms with E-state index in [9.17, 15) is 0 Å². The Kier molecular flexibility index (Phi) is 4.91. The van der Waals surface area contributed by atoms with E-state index in [0.717, 1.165) is 17.9 Å². The monoisotopic (exact) mass is 240 g/mol. The Morgan fingerprint density at radius 2 is 2.00 bits per heavy atom. The number of hydrogen-bond donors (Lipinski definition) is 1. The number of benzene rings is 1. The summed E-state index contributed by atoms with van der Waals surface area (Å²) in [6.07, 6.45) is 2.11. The first-order chi connectivity index (χ1) is 7.15. The molecule has 0 amide bonds. The molecule has 0 aromatic heterocycles. The molecule has 0 aliphatic rings. The molecular weight excluding hydrogens is 224 g/mol. The number of hydrogen-bond acceptors (Lipinski definition) is 3. The standard InChI is InChI=1S/C11H16N2S2/c1-13(7-8-15-2)10-5-3-9(4-6-10)11(12)14/h3-6H,7-8H2,1-2H3,(H2,12,14). The van der Waals surface area contributed by atoms with Crippen LogP contribution in [0.3, 0.4) is 0 Å². The lowest BCUT2D eigenvalue weighted by atomic mass is 10.2. The van der Waals surface area contributed by atoms with E-state index in [-0.39, 0.29) is 0 Å². The Morgan fingerprint density at radius 1 is 1.40 bits per heavy atom. The third kappa shape index (κ3) is 3.72. The second-order valence-electron chi connectivity index (χ2n) is 3.33. The molecular formula is C11H16N2S2. The van der Waals surface area contributed by atoms with E-state index in [1.165, 1.54) is 5.69 Å². The first-order valence-electron chi connectivity index (χ1n) is 4.75. The van der Waals surface area contributed by atoms with Crippen LogP contribution in [0, 0.1) is 0 Å². The van der Waals surface area contributed by atoms with Gasteiger partial charge in [0.25, 0.3) is 0 Å². The van der Waals surface area contributed by atoms with Gasteiger partial charge in [0.15, 0.2) is 0 Å². The molecule has 1 aromatic carbocycles. The van der Waals surface area contributed by atoms with Gasteiger partial charge < -0.3 is 10.6 Å². The average molecular weight is 240 g/mol. The van der Waals surface area contributed by atoms with E-state index in [4.69, 9.17) is 18.0 Å². The summed E-state index contributed by atoms with van der Waals surface area (Å²) in [5.41, 5.74) is 7.66. The van der Waals surface area contributed by atoms with Gasteiger partial charge in [-0.05, 0) is 30.5 Å². The maximum Gasteiger partial charge on any atom is 0.103 e. The molecule has 0 saturated carbocycles. The van der Waals surface area contributed by atoms with Gasteiger partial charge in [0.05, 0.1) is 0 Å². The summed E-state index contributed by atoms with van der Waals surface area (Å²) in [5, 5.41) is 0. The highest BCUT2D eigenvalue weighted by molar-refractivity contribution is 7.98. The number of thiocarbonyl (C=S) groups is 1. The molecule has 0 unspecified atom stereocenters. The van der Waals surface area contributed by atoms with E-state index in [2.05, 4.69) is 30.3 Å². The van der Waals surface area contributed by atoms with Crippen LogP contribution in [0.4, 0.5) is 5.69 Å². The van der Waals surface area contributed by atoms with Crippen LogP contribution in [0.1, 0.15) is 5.56 Å². The number of anilines is 1. The first-order valence-corrected chi connectivity index (χ1v) is 6.55. The fraction of sp³-hybridized carbons (Fsp3) is 0.364. The van der Waals surface area contributed by atoms with Crippen LogP contribution in [0.15, 0.2) is 24.3 Å².